The van der Waals surface area contributed by atoms with E-state index in [1.54, 1.807) is 32.4 Å². The lowest BCUT2D eigenvalue weighted by molar-refractivity contribution is 0.0707. The molecule has 0 aromatic heterocycles. The lowest BCUT2D eigenvalue weighted by atomic mass is 10.0. The molecule has 1 aliphatic heterocycles. The summed E-state index contributed by atoms with van der Waals surface area (Å²) in [5, 5.41) is 3.26. The summed E-state index contributed by atoms with van der Waals surface area (Å²) in [4.78, 5) is 14.4. The van der Waals surface area contributed by atoms with Crippen molar-refractivity contribution in [1.82, 2.24) is 10.2 Å². The monoisotopic (exact) mass is 314 g/mol. The maximum absolute atomic E-state index is 12.5. The van der Waals surface area contributed by atoms with Gasteiger partial charge in [-0.3, -0.25) is 4.79 Å². The minimum Gasteiger partial charge on any atom is -0.493 e. The van der Waals surface area contributed by atoms with E-state index in [4.69, 9.17) is 9.47 Å². The Balaban J connectivity index is 0.00000220. The van der Waals surface area contributed by atoms with Crippen molar-refractivity contribution in [2.75, 3.05) is 34.4 Å². The van der Waals surface area contributed by atoms with Crippen LogP contribution in [0, 0.1) is 0 Å². The van der Waals surface area contributed by atoms with Crippen molar-refractivity contribution < 1.29 is 14.3 Å². The Bertz CT molecular complexity index is 474. The lowest BCUT2D eigenvalue weighted by Crippen LogP contribution is -2.43. The van der Waals surface area contributed by atoms with Crippen molar-refractivity contribution >= 4 is 18.3 Å². The summed E-state index contributed by atoms with van der Waals surface area (Å²) in [6.07, 6.45) is 1.99. The fourth-order valence-electron chi connectivity index (χ4n) is 2.52. The number of benzene rings is 1. The van der Waals surface area contributed by atoms with Gasteiger partial charge in [-0.25, -0.2) is 0 Å². The molecule has 1 aliphatic rings. The molecule has 1 aromatic rings. The number of methoxy groups -OCH3 is 2. The van der Waals surface area contributed by atoms with E-state index in [-0.39, 0.29) is 18.3 Å². The molecule has 1 saturated heterocycles. The molecular formula is C15H23ClN2O3. The van der Waals surface area contributed by atoms with E-state index in [2.05, 4.69) is 5.32 Å². The van der Waals surface area contributed by atoms with Gasteiger partial charge in [0, 0.05) is 24.7 Å². The van der Waals surface area contributed by atoms with E-state index in [9.17, 15) is 4.79 Å². The van der Waals surface area contributed by atoms with Gasteiger partial charge in [0.15, 0.2) is 11.5 Å². The number of hydrogen-bond acceptors (Lipinski definition) is 4. The highest BCUT2D eigenvalue weighted by atomic mass is 35.5. The van der Waals surface area contributed by atoms with Crippen molar-refractivity contribution in [2.24, 2.45) is 0 Å². The summed E-state index contributed by atoms with van der Waals surface area (Å²) in [5.41, 5.74) is 0.644. The summed E-state index contributed by atoms with van der Waals surface area (Å²) in [5.74, 6) is 1.28. The van der Waals surface area contributed by atoms with Crippen LogP contribution in [0.4, 0.5) is 0 Å². The Morgan fingerprint density at radius 3 is 2.33 bits per heavy atom. The van der Waals surface area contributed by atoms with Crippen LogP contribution in [0.5, 0.6) is 11.5 Å². The molecule has 1 N–H and O–H groups in total. The number of amides is 1. The number of rotatable bonds is 4. The second kappa shape index (κ2) is 8.10. The SMILES string of the molecule is CNC1CCN(C(=O)c2ccc(OC)c(OC)c2)CC1.Cl. The van der Waals surface area contributed by atoms with Gasteiger partial charge >= 0.3 is 0 Å². The van der Waals surface area contributed by atoms with Gasteiger partial charge in [-0.05, 0) is 38.1 Å². The summed E-state index contributed by atoms with van der Waals surface area (Å²) < 4.78 is 10.4. The van der Waals surface area contributed by atoms with Crippen molar-refractivity contribution in [1.29, 1.82) is 0 Å². The van der Waals surface area contributed by atoms with Crippen molar-refractivity contribution in [3.05, 3.63) is 23.8 Å². The number of hydrogen-bond donors (Lipinski definition) is 1. The standard InChI is InChI=1S/C15H22N2O3.ClH/c1-16-12-6-8-17(9-7-12)15(18)11-4-5-13(19-2)14(10-11)20-3;/h4-5,10,12,16H,6-9H2,1-3H3;1H. The van der Waals surface area contributed by atoms with E-state index < -0.39 is 0 Å². The van der Waals surface area contributed by atoms with Gasteiger partial charge in [0.25, 0.3) is 5.91 Å². The lowest BCUT2D eigenvalue weighted by Gasteiger charge is -2.32. The fraction of sp³-hybridized carbons (Fsp3) is 0.533. The zero-order chi connectivity index (χ0) is 14.5. The van der Waals surface area contributed by atoms with Crippen LogP contribution in [0.3, 0.4) is 0 Å². The molecule has 6 heteroatoms. The van der Waals surface area contributed by atoms with Crippen molar-refractivity contribution in [2.45, 2.75) is 18.9 Å². The second-order valence-corrected chi connectivity index (χ2v) is 4.92. The van der Waals surface area contributed by atoms with E-state index in [1.807, 2.05) is 11.9 Å². The van der Waals surface area contributed by atoms with Gasteiger partial charge in [0.2, 0.25) is 0 Å². The minimum absolute atomic E-state index is 0. The molecule has 5 nitrogen and oxygen atoms in total. The van der Waals surface area contributed by atoms with E-state index in [0.717, 1.165) is 25.9 Å². The first kappa shape index (κ1) is 17.6. The molecule has 1 amide bonds. The average molecular weight is 315 g/mol. The molecular weight excluding hydrogens is 292 g/mol. The zero-order valence-electron chi connectivity index (χ0n) is 12.7. The maximum atomic E-state index is 12.5. The number of carbonyl (C=O) groups excluding carboxylic acids is 1. The number of ether oxygens (including phenoxy) is 2. The normalized spacial score (nSPS) is 15.3. The highest BCUT2D eigenvalue weighted by Gasteiger charge is 2.23. The third-order valence-corrected chi connectivity index (χ3v) is 3.82. The summed E-state index contributed by atoms with van der Waals surface area (Å²) in [6.45, 7) is 1.58. The Labute approximate surface area is 132 Å². The van der Waals surface area contributed by atoms with Crippen LogP contribution in [0.1, 0.15) is 23.2 Å². The molecule has 0 atom stereocenters. The van der Waals surface area contributed by atoms with Gasteiger partial charge in [-0.15, -0.1) is 12.4 Å². The highest BCUT2D eigenvalue weighted by Crippen LogP contribution is 2.28. The molecule has 0 aliphatic carbocycles. The van der Waals surface area contributed by atoms with Crippen LogP contribution < -0.4 is 14.8 Å². The smallest absolute Gasteiger partial charge is 0.253 e. The Morgan fingerprint density at radius 2 is 1.81 bits per heavy atom. The van der Waals surface area contributed by atoms with Crippen molar-refractivity contribution in [3.63, 3.8) is 0 Å². The molecule has 21 heavy (non-hydrogen) atoms. The maximum Gasteiger partial charge on any atom is 0.253 e. The molecule has 118 valence electrons. The quantitative estimate of drug-likeness (QED) is 0.923. The van der Waals surface area contributed by atoms with Gasteiger partial charge in [-0.2, -0.15) is 0 Å². The zero-order valence-corrected chi connectivity index (χ0v) is 13.5. The minimum atomic E-state index is 0. The number of likely N-dealkylation sites (tertiary alicyclic amines) is 1. The first-order valence-corrected chi connectivity index (χ1v) is 6.88. The molecule has 0 saturated carbocycles. The van der Waals surface area contributed by atoms with Gasteiger partial charge in [0.05, 0.1) is 14.2 Å². The molecule has 2 rings (SSSR count). The average Bonchev–Trinajstić information content (AvgIpc) is 2.53. The molecule has 1 fully saturated rings. The molecule has 1 aromatic carbocycles. The first-order valence-electron chi connectivity index (χ1n) is 6.88. The van der Waals surface area contributed by atoms with Gasteiger partial charge < -0.3 is 19.7 Å². The third kappa shape index (κ3) is 4.02. The summed E-state index contributed by atoms with van der Waals surface area (Å²) in [7, 11) is 5.13. The van der Waals surface area contributed by atoms with E-state index in [0.29, 0.717) is 23.1 Å². The topological polar surface area (TPSA) is 50.8 Å². The number of halogens is 1. The number of piperidine rings is 1. The Kier molecular flexibility index (Phi) is 6.78. The Hall–Kier alpha value is -1.46. The Morgan fingerprint density at radius 1 is 1.19 bits per heavy atom. The molecule has 1 heterocycles. The predicted octanol–water partition coefficient (Wildman–Crippen LogP) is 1.95. The number of carbonyl (C=O) groups is 1. The van der Waals surface area contributed by atoms with Crippen LogP contribution in [-0.4, -0.2) is 51.2 Å². The van der Waals surface area contributed by atoms with E-state index in [1.165, 1.54) is 0 Å². The second-order valence-electron chi connectivity index (χ2n) is 4.92. The van der Waals surface area contributed by atoms with Crippen LogP contribution in [0.25, 0.3) is 0 Å². The summed E-state index contributed by atoms with van der Waals surface area (Å²) in [6, 6.07) is 5.82. The molecule has 0 bridgehead atoms. The van der Waals surface area contributed by atoms with Crippen LogP contribution >= 0.6 is 12.4 Å². The van der Waals surface area contributed by atoms with Gasteiger partial charge in [-0.1, -0.05) is 0 Å². The van der Waals surface area contributed by atoms with Crippen LogP contribution in [-0.2, 0) is 0 Å². The third-order valence-electron chi connectivity index (χ3n) is 3.82. The molecule has 0 unspecified atom stereocenters. The number of nitrogens with zero attached hydrogens (tertiary/aromatic N) is 1. The highest BCUT2D eigenvalue weighted by molar-refractivity contribution is 5.95. The van der Waals surface area contributed by atoms with Gasteiger partial charge in [0.1, 0.15) is 0 Å². The first-order chi connectivity index (χ1) is 9.69. The molecule has 0 radical (unpaired) electrons. The van der Waals surface area contributed by atoms with Crippen LogP contribution in [0.2, 0.25) is 0 Å². The fourth-order valence-corrected chi connectivity index (χ4v) is 2.52. The van der Waals surface area contributed by atoms with Crippen LogP contribution in [0.15, 0.2) is 18.2 Å². The summed E-state index contributed by atoms with van der Waals surface area (Å²) >= 11 is 0. The van der Waals surface area contributed by atoms with E-state index >= 15 is 0 Å². The number of nitrogens with one attached hydrogen (secondary N) is 1. The van der Waals surface area contributed by atoms with Crippen molar-refractivity contribution in [3.8, 4) is 11.5 Å². The largest absolute Gasteiger partial charge is 0.493 e. The predicted molar refractivity (Wildman–Crippen MR) is 84.8 cm³/mol. The molecule has 0 spiro atoms.